The maximum absolute atomic E-state index is 10.0. The normalized spacial score (nSPS) is 12.4. The number of rotatable bonds is 4. The van der Waals surface area contributed by atoms with Gasteiger partial charge in [0, 0.05) is 0 Å². The van der Waals surface area contributed by atoms with Gasteiger partial charge in [0.1, 0.15) is 0 Å². The van der Waals surface area contributed by atoms with Crippen molar-refractivity contribution in [1.82, 2.24) is 0 Å². The van der Waals surface area contributed by atoms with E-state index in [9.17, 15) is 5.11 Å². The summed E-state index contributed by atoms with van der Waals surface area (Å²) >= 11 is 0. The third-order valence-electron chi connectivity index (χ3n) is 3.82. The number of hydrogen-bond donors (Lipinski definition) is 1. The Labute approximate surface area is 122 Å². The highest BCUT2D eigenvalue weighted by Crippen LogP contribution is 2.29. The van der Waals surface area contributed by atoms with E-state index in [2.05, 4.69) is 52.0 Å². The van der Waals surface area contributed by atoms with Crippen LogP contribution >= 0.6 is 0 Å². The van der Waals surface area contributed by atoms with Crippen LogP contribution in [0.3, 0.4) is 0 Å². The second-order valence-electron chi connectivity index (χ2n) is 5.70. The zero-order valence-corrected chi connectivity index (χ0v) is 12.9. The Morgan fingerprint density at radius 3 is 2.00 bits per heavy atom. The summed E-state index contributed by atoms with van der Waals surface area (Å²) in [6.07, 6.45) is 1.48. The molecule has 0 fully saturated rings. The van der Waals surface area contributed by atoms with Crippen molar-refractivity contribution in [2.75, 3.05) is 0 Å². The Bertz CT molecular complexity index is 558. The molecule has 0 radical (unpaired) electrons. The van der Waals surface area contributed by atoms with Crippen molar-refractivity contribution in [3.8, 4) is 11.1 Å². The number of aliphatic hydroxyl groups is 1. The minimum Gasteiger partial charge on any atom is -0.388 e. The highest BCUT2D eigenvalue weighted by Gasteiger charge is 2.09. The summed E-state index contributed by atoms with van der Waals surface area (Å²) in [5.41, 5.74) is 7.48. The minimum atomic E-state index is -0.339. The lowest BCUT2D eigenvalue weighted by molar-refractivity contribution is 0.166. The number of hydrogen-bond acceptors (Lipinski definition) is 1. The van der Waals surface area contributed by atoms with Gasteiger partial charge in [-0.2, -0.15) is 0 Å². The summed E-state index contributed by atoms with van der Waals surface area (Å²) < 4.78 is 0. The van der Waals surface area contributed by atoms with Gasteiger partial charge < -0.3 is 5.11 Å². The van der Waals surface area contributed by atoms with Crippen LogP contribution in [0.1, 0.15) is 48.1 Å². The van der Waals surface area contributed by atoms with Crippen LogP contribution in [-0.4, -0.2) is 5.11 Å². The first-order valence-corrected chi connectivity index (χ1v) is 7.39. The van der Waals surface area contributed by atoms with Gasteiger partial charge in [-0.3, -0.25) is 0 Å². The van der Waals surface area contributed by atoms with E-state index in [1.807, 2.05) is 12.1 Å². The maximum atomic E-state index is 10.0. The van der Waals surface area contributed by atoms with Gasteiger partial charge >= 0.3 is 0 Å². The third kappa shape index (κ3) is 3.10. The van der Waals surface area contributed by atoms with Gasteiger partial charge in [0.25, 0.3) is 0 Å². The second kappa shape index (κ2) is 6.23. The molecule has 1 N–H and O–H groups in total. The van der Waals surface area contributed by atoms with Gasteiger partial charge in [0.15, 0.2) is 0 Å². The van der Waals surface area contributed by atoms with Crippen LogP contribution in [0.25, 0.3) is 11.1 Å². The molecule has 0 saturated heterocycles. The number of benzene rings is 2. The van der Waals surface area contributed by atoms with Crippen LogP contribution < -0.4 is 0 Å². The topological polar surface area (TPSA) is 20.2 Å². The molecule has 0 heterocycles. The van der Waals surface area contributed by atoms with E-state index in [0.29, 0.717) is 0 Å². The van der Waals surface area contributed by atoms with Crippen molar-refractivity contribution in [3.63, 3.8) is 0 Å². The Balaban J connectivity index is 2.35. The molecule has 1 unspecified atom stereocenters. The van der Waals surface area contributed by atoms with Gasteiger partial charge in [-0.25, -0.2) is 0 Å². The Morgan fingerprint density at radius 2 is 1.50 bits per heavy atom. The predicted molar refractivity (Wildman–Crippen MR) is 86.0 cm³/mol. The molecule has 0 saturated carbocycles. The summed E-state index contributed by atoms with van der Waals surface area (Å²) in [5.74, 6) is 0. The largest absolute Gasteiger partial charge is 0.388 e. The first-order chi connectivity index (χ1) is 9.52. The third-order valence-corrected chi connectivity index (χ3v) is 3.82. The second-order valence-corrected chi connectivity index (χ2v) is 5.70. The standard InChI is InChI=1S/C19H24O/c1-5-6-18(20)16-7-9-17(10-8-16)19-14(3)11-13(2)12-15(19)4/h7-12,18,20H,5-6H2,1-4H3. The zero-order chi connectivity index (χ0) is 14.7. The minimum absolute atomic E-state index is 0.339. The zero-order valence-electron chi connectivity index (χ0n) is 12.9. The van der Waals surface area contributed by atoms with Crippen LogP contribution in [0.5, 0.6) is 0 Å². The average Bonchev–Trinajstić information content (AvgIpc) is 2.38. The Morgan fingerprint density at radius 1 is 0.950 bits per heavy atom. The van der Waals surface area contributed by atoms with Crippen molar-refractivity contribution >= 4 is 0 Å². The van der Waals surface area contributed by atoms with Crippen molar-refractivity contribution in [2.24, 2.45) is 0 Å². The van der Waals surface area contributed by atoms with Crippen LogP contribution in [0, 0.1) is 20.8 Å². The van der Waals surface area contributed by atoms with Crippen LogP contribution in [0.2, 0.25) is 0 Å². The van der Waals surface area contributed by atoms with E-state index in [-0.39, 0.29) is 6.10 Å². The molecule has 0 bridgehead atoms. The highest BCUT2D eigenvalue weighted by atomic mass is 16.3. The Kier molecular flexibility index (Phi) is 4.61. The molecule has 0 aliphatic rings. The fraction of sp³-hybridized carbons (Fsp3) is 0.368. The van der Waals surface area contributed by atoms with Crippen LogP contribution in [-0.2, 0) is 0 Å². The molecule has 0 amide bonds. The van der Waals surface area contributed by atoms with Crippen LogP contribution in [0.15, 0.2) is 36.4 Å². The summed E-state index contributed by atoms with van der Waals surface area (Å²) in [6, 6.07) is 12.8. The molecule has 1 atom stereocenters. The van der Waals surface area contributed by atoms with Crippen molar-refractivity contribution in [1.29, 1.82) is 0 Å². The fourth-order valence-corrected chi connectivity index (χ4v) is 2.95. The smallest absolute Gasteiger partial charge is 0.0790 e. The number of aliphatic hydroxyl groups excluding tert-OH is 1. The quantitative estimate of drug-likeness (QED) is 0.816. The van der Waals surface area contributed by atoms with E-state index >= 15 is 0 Å². The predicted octanol–water partition coefficient (Wildman–Crippen LogP) is 5.11. The lowest BCUT2D eigenvalue weighted by Gasteiger charge is -2.14. The number of aryl methyl sites for hydroxylation is 3. The van der Waals surface area contributed by atoms with Crippen molar-refractivity contribution in [3.05, 3.63) is 58.7 Å². The maximum Gasteiger partial charge on any atom is 0.0790 e. The SMILES string of the molecule is CCCC(O)c1ccc(-c2c(C)cc(C)cc2C)cc1. The molecule has 0 aliphatic carbocycles. The highest BCUT2D eigenvalue weighted by molar-refractivity contribution is 5.71. The first-order valence-electron chi connectivity index (χ1n) is 7.39. The molecule has 2 rings (SSSR count). The first kappa shape index (κ1) is 14.8. The summed E-state index contributed by atoms with van der Waals surface area (Å²) in [7, 11) is 0. The summed E-state index contributed by atoms with van der Waals surface area (Å²) in [6.45, 7) is 8.55. The molecule has 2 aromatic rings. The molecule has 0 aromatic heterocycles. The van der Waals surface area contributed by atoms with E-state index < -0.39 is 0 Å². The Hall–Kier alpha value is -1.60. The molecule has 0 aliphatic heterocycles. The van der Waals surface area contributed by atoms with Crippen molar-refractivity contribution < 1.29 is 5.11 Å². The summed E-state index contributed by atoms with van der Waals surface area (Å²) in [4.78, 5) is 0. The molecule has 1 nitrogen and oxygen atoms in total. The van der Waals surface area contributed by atoms with Gasteiger partial charge in [0.2, 0.25) is 0 Å². The monoisotopic (exact) mass is 268 g/mol. The van der Waals surface area contributed by atoms with E-state index in [0.717, 1.165) is 18.4 Å². The average molecular weight is 268 g/mol. The van der Waals surface area contributed by atoms with Gasteiger partial charge in [-0.1, -0.05) is 55.3 Å². The molecule has 0 spiro atoms. The van der Waals surface area contributed by atoms with E-state index in [1.54, 1.807) is 0 Å². The fourth-order valence-electron chi connectivity index (χ4n) is 2.95. The molecular weight excluding hydrogens is 244 g/mol. The lowest BCUT2D eigenvalue weighted by Crippen LogP contribution is -1.97. The van der Waals surface area contributed by atoms with Gasteiger partial charge in [-0.15, -0.1) is 0 Å². The molecule has 20 heavy (non-hydrogen) atoms. The van der Waals surface area contributed by atoms with Gasteiger partial charge in [-0.05, 0) is 55.0 Å². The lowest BCUT2D eigenvalue weighted by atomic mass is 9.92. The molecule has 2 aromatic carbocycles. The molecular formula is C19H24O. The van der Waals surface area contributed by atoms with Gasteiger partial charge in [0.05, 0.1) is 6.10 Å². The van der Waals surface area contributed by atoms with E-state index in [1.165, 1.54) is 27.8 Å². The summed E-state index contributed by atoms with van der Waals surface area (Å²) in [5, 5.41) is 10.0. The molecule has 106 valence electrons. The van der Waals surface area contributed by atoms with E-state index in [4.69, 9.17) is 0 Å². The van der Waals surface area contributed by atoms with Crippen molar-refractivity contribution in [2.45, 2.75) is 46.6 Å². The van der Waals surface area contributed by atoms with Crippen LogP contribution in [0.4, 0.5) is 0 Å². The molecule has 1 heteroatoms.